The standard InChI is InChI=1S/C14H32NO/c1-4-5-6-7-8-9-12-15(2,3)13-10-11-14-16/h16H,4-14H2,1-3H3/q+1. The molecular weight excluding hydrogens is 198 g/mol. The minimum atomic E-state index is 0.344. The molecule has 0 atom stereocenters. The Morgan fingerprint density at radius 2 is 1.25 bits per heavy atom. The van der Waals surface area contributed by atoms with Gasteiger partial charge in [0.1, 0.15) is 0 Å². The van der Waals surface area contributed by atoms with Gasteiger partial charge in [-0.05, 0) is 25.7 Å². The van der Waals surface area contributed by atoms with Crippen molar-refractivity contribution in [2.24, 2.45) is 0 Å². The summed E-state index contributed by atoms with van der Waals surface area (Å²) in [5.74, 6) is 0. The normalized spacial score (nSPS) is 12.0. The molecule has 98 valence electrons. The quantitative estimate of drug-likeness (QED) is 0.427. The summed E-state index contributed by atoms with van der Waals surface area (Å²) in [5, 5.41) is 8.75. The minimum Gasteiger partial charge on any atom is -0.396 e. The van der Waals surface area contributed by atoms with Crippen LogP contribution in [0.3, 0.4) is 0 Å². The van der Waals surface area contributed by atoms with Crippen molar-refractivity contribution in [2.45, 2.75) is 58.3 Å². The number of hydrogen-bond donors (Lipinski definition) is 1. The maximum Gasteiger partial charge on any atom is 0.0783 e. The lowest BCUT2D eigenvalue weighted by atomic mass is 10.1. The van der Waals surface area contributed by atoms with Crippen LogP contribution in [0.4, 0.5) is 0 Å². The number of quaternary nitrogens is 1. The molecular formula is C14H32NO+. The number of aliphatic hydroxyl groups excluding tert-OH is 1. The SMILES string of the molecule is CCCCCCCC[N+](C)(C)CCCCO. The fourth-order valence-electron chi connectivity index (χ4n) is 2.08. The van der Waals surface area contributed by atoms with Gasteiger partial charge in [0, 0.05) is 6.61 Å². The molecule has 0 aromatic heterocycles. The molecule has 2 heteroatoms. The average molecular weight is 230 g/mol. The van der Waals surface area contributed by atoms with Gasteiger partial charge in [-0.2, -0.15) is 0 Å². The summed E-state index contributed by atoms with van der Waals surface area (Å²) >= 11 is 0. The second kappa shape index (κ2) is 10.1. The Hall–Kier alpha value is -0.0800. The summed E-state index contributed by atoms with van der Waals surface area (Å²) in [5.41, 5.74) is 0. The Morgan fingerprint density at radius 3 is 1.81 bits per heavy atom. The zero-order chi connectivity index (χ0) is 12.3. The van der Waals surface area contributed by atoms with E-state index in [0.717, 1.165) is 17.3 Å². The molecule has 2 nitrogen and oxygen atoms in total. The van der Waals surface area contributed by atoms with Crippen molar-refractivity contribution in [2.75, 3.05) is 33.8 Å². The van der Waals surface area contributed by atoms with Gasteiger partial charge in [0.25, 0.3) is 0 Å². The summed E-state index contributed by atoms with van der Waals surface area (Å²) in [4.78, 5) is 0. The smallest absolute Gasteiger partial charge is 0.0783 e. The molecule has 0 saturated heterocycles. The van der Waals surface area contributed by atoms with Gasteiger partial charge in [0.2, 0.25) is 0 Å². The molecule has 0 bridgehead atoms. The minimum absolute atomic E-state index is 0.344. The molecule has 0 aliphatic heterocycles. The summed E-state index contributed by atoms with van der Waals surface area (Å²) in [7, 11) is 4.62. The van der Waals surface area contributed by atoms with Crippen molar-refractivity contribution in [3.8, 4) is 0 Å². The summed E-state index contributed by atoms with van der Waals surface area (Å²) in [6.45, 7) is 5.10. The number of unbranched alkanes of at least 4 members (excludes halogenated alkanes) is 6. The molecule has 16 heavy (non-hydrogen) atoms. The molecule has 0 amide bonds. The summed E-state index contributed by atoms with van der Waals surface area (Å²) in [6.07, 6.45) is 10.4. The third-order valence-corrected chi connectivity index (χ3v) is 3.29. The number of hydrogen-bond acceptors (Lipinski definition) is 1. The van der Waals surface area contributed by atoms with Gasteiger partial charge in [-0.25, -0.2) is 0 Å². The lowest BCUT2D eigenvalue weighted by molar-refractivity contribution is -0.890. The first-order valence-electron chi connectivity index (χ1n) is 7.05. The highest BCUT2D eigenvalue weighted by atomic mass is 16.2. The van der Waals surface area contributed by atoms with Gasteiger partial charge >= 0.3 is 0 Å². The van der Waals surface area contributed by atoms with E-state index in [2.05, 4.69) is 21.0 Å². The zero-order valence-electron chi connectivity index (χ0n) is 11.7. The summed E-state index contributed by atoms with van der Waals surface area (Å²) < 4.78 is 1.12. The van der Waals surface area contributed by atoms with E-state index in [0.29, 0.717) is 6.61 Å². The highest BCUT2D eigenvalue weighted by molar-refractivity contribution is 4.45. The van der Waals surface area contributed by atoms with Crippen molar-refractivity contribution in [3.05, 3.63) is 0 Å². The number of rotatable bonds is 11. The van der Waals surface area contributed by atoms with Crippen LogP contribution in [0.1, 0.15) is 58.3 Å². The number of aliphatic hydroxyl groups is 1. The second-order valence-corrected chi connectivity index (χ2v) is 5.58. The maximum absolute atomic E-state index is 8.75. The third kappa shape index (κ3) is 10.4. The molecule has 0 radical (unpaired) electrons. The van der Waals surface area contributed by atoms with Crippen LogP contribution in [0.5, 0.6) is 0 Å². The Morgan fingerprint density at radius 1 is 0.750 bits per heavy atom. The van der Waals surface area contributed by atoms with Crippen LogP contribution in [-0.2, 0) is 0 Å². The molecule has 0 fully saturated rings. The molecule has 0 saturated carbocycles. The van der Waals surface area contributed by atoms with Gasteiger partial charge in [0.05, 0.1) is 27.2 Å². The first-order valence-corrected chi connectivity index (χ1v) is 7.05. The molecule has 0 aliphatic carbocycles. The third-order valence-electron chi connectivity index (χ3n) is 3.29. The monoisotopic (exact) mass is 230 g/mol. The van der Waals surface area contributed by atoms with Crippen molar-refractivity contribution < 1.29 is 9.59 Å². The highest BCUT2D eigenvalue weighted by Gasteiger charge is 2.13. The molecule has 0 unspecified atom stereocenters. The van der Waals surface area contributed by atoms with E-state index < -0.39 is 0 Å². The van der Waals surface area contributed by atoms with E-state index in [4.69, 9.17) is 5.11 Å². The first kappa shape index (κ1) is 15.9. The van der Waals surface area contributed by atoms with Crippen LogP contribution in [0.15, 0.2) is 0 Å². The van der Waals surface area contributed by atoms with E-state index in [1.165, 1.54) is 51.6 Å². The van der Waals surface area contributed by atoms with Crippen LogP contribution >= 0.6 is 0 Å². The zero-order valence-corrected chi connectivity index (χ0v) is 11.7. The van der Waals surface area contributed by atoms with E-state index in [9.17, 15) is 0 Å². The lowest BCUT2D eigenvalue weighted by Gasteiger charge is -2.29. The fraction of sp³-hybridized carbons (Fsp3) is 1.00. The van der Waals surface area contributed by atoms with Crippen LogP contribution in [0.2, 0.25) is 0 Å². The molecule has 0 spiro atoms. The lowest BCUT2D eigenvalue weighted by Crippen LogP contribution is -2.41. The van der Waals surface area contributed by atoms with Crippen LogP contribution in [0.25, 0.3) is 0 Å². The molecule has 0 aliphatic rings. The molecule has 0 aromatic rings. The Bertz CT molecular complexity index is 146. The van der Waals surface area contributed by atoms with Crippen LogP contribution < -0.4 is 0 Å². The topological polar surface area (TPSA) is 20.2 Å². The van der Waals surface area contributed by atoms with E-state index >= 15 is 0 Å². The molecule has 1 N–H and O–H groups in total. The highest BCUT2D eigenvalue weighted by Crippen LogP contribution is 2.09. The van der Waals surface area contributed by atoms with Gasteiger partial charge in [-0.1, -0.05) is 32.6 Å². The maximum atomic E-state index is 8.75. The number of nitrogens with zero attached hydrogens (tertiary/aromatic N) is 1. The summed E-state index contributed by atoms with van der Waals surface area (Å²) in [6, 6.07) is 0. The molecule has 0 rings (SSSR count). The van der Waals surface area contributed by atoms with Gasteiger partial charge in [0.15, 0.2) is 0 Å². The van der Waals surface area contributed by atoms with E-state index in [1.807, 2.05) is 0 Å². The Balaban J connectivity index is 3.35. The molecule has 0 aromatic carbocycles. The predicted molar refractivity (Wildman–Crippen MR) is 71.5 cm³/mol. The first-order chi connectivity index (χ1) is 7.62. The van der Waals surface area contributed by atoms with Gasteiger partial charge in [-0.3, -0.25) is 0 Å². The van der Waals surface area contributed by atoms with Crippen molar-refractivity contribution in [3.63, 3.8) is 0 Å². The van der Waals surface area contributed by atoms with Crippen molar-refractivity contribution in [1.29, 1.82) is 0 Å². The van der Waals surface area contributed by atoms with Gasteiger partial charge in [-0.15, -0.1) is 0 Å². The van der Waals surface area contributed by atoms with Crippen molar-refractivity contribution >= 4 is 0 Å². The Kier molecular flexibility index (Phi) is 10.0. The van der Waals surface area contributed by atoms with Crippen molar-refractivity contribution in [1.82, 2.24) is 0 Å². The largest absolute Gasteiger partial charge is 0.396 e. The average Bonchev–Trinajstić information content (AvgIpc) is 2.23. The van der Waals surface area contributed by atoms with Gasteiger partial charge < -0.3 is 9.59 Å². The van der Waals surface area contributed by atoms with E-state index in [1.54, 1.807) is 0 Å². The van der Waals surface area contributed by atoms with Crippen LogP contribution in [-0.4, -0.2) is 43.4 Å². The molecule has 0 heterocycles. The second-order valence-electron chi connectivity index (χ2n) is 5.58. The van der Waals surface area contributed by atoms with Crippen LogP contribution in [0, 0.1) is 0 Å². The Labute approximate surface area is 102 Å². The predicted octanol–water partition coefficient (Wildman–Crippen LogP) is 3.20. The van der Waals surface area contributed by atoms with E-state index in [-0.39, 0.29) is 0 Å². The fourth-order valence-corrected chi connectivity index (χ4v) is 2.08.